The van der Waals surface area contributed by atoms with Gasteiger partial charge in [0.1, 0.15) is 11.6 Å². The summed E-state index contributed by atoms with van der Waals surface area (Å²) in [4.78, 5) is 20.4. The SMILES string of the molecule is COc1ccc(NC(=O)Nc2nc(C)cc(NCC(C)O)n2)cc1. The van der Waals surface area contributed by atoms with Crippen LogP contribution in [0.2, 0.25) is 0 Å². The van der Waals surface area contributed by atoms with Crippen molar-refractivity contribution in [2.45, 2.75) is 20.0 Å². The minimum atomic E-state index is -0.505. The van der Waals surface area contributed by atoms with Crippen LogP contribution in [0.4, 0.5) is 22.2 Å². The zero-order valence-electron chi connectivity index (χ0n) is 13.8. The van der Waals surface area contributed by atoms with Crippen LogP contribution in [0.25, 0.3) is 0 Å². The molecular formula is C16H21N5O3. The molecule has 0 radical (unpaired) electrons. The fourth-order valence-electron chi connectivity index (χ4n) is 1.91. The second-order valence-electron chi connectivity index (χ2n) is 5.26. The van der Waals surface area contributed by atoms with E-state index in [4.69, 9.17) is 4.74 Å². The van der Waals surface area contributed by atoms with E-state index >= 15 is 0 Å². The van der Waals surface area contributed by atoms with Crippen LogP contribution in [0.15, 0.2) is 30.3 Å². The molecule has 0 fully saturated rings. The molecule has 4 N–H and O–H groups in total. The Labute approximate surface area is 140 Å². The molecule has 1 aromatic carbocycles. The second kappa shape index (κ2) is 8.11. The largest absolute Gasteiger partial charge is 0.497 e. The summed E-state index contributed by atoms with van der Waals surface area (Å²) in [5.41, 5.74) is 1.31. The topological polar surface area (TPSA) is 108 Å². The number of carbonyl (C=O) groups excluding carboxylic acids is 1. The maximum absolute atomic E-state index is 12.0. The molecule has 0 aliphatic heterocycles. The van der Waals surface area contributed by atoms with Gasteiger partial charge in [0.15, 0.2) is 0 Å². The number of hydrogen-bond acceptors (Lipinski definition) is 6. The molecule has 8 heteroatoms. The van der Waals surface area contributed by atoms with Crippen LogP contribution in [0.5, 0.6) is 5.75 Å². The zero-order chi connectivity index (χ0) is 17.5. The molecule has 0 aliphatic rings. The van der Waals surface area contributed by atoms with Crippen molar-refractivity contribution in [3.8, 4) is 5.75 Å². The average molecular weight is 331 g/mol. The van der Waals surface area contributed by atoms with E-state index in [9.17, 15) is 9.90 Å². The Bertz CT molecular complexity index is 689. The molecule has 2 rings (SSSR count). The van der Waals surface area contributed by atoms with E-state index < -0.39 is 12.1 Å². The predicted molar refractivity (Wildman–Crippen MR) is 92.6 cm³/mol. The number of nitrogens with zero attached hydrogens (tertiary/aromatic N) is 2. The Morgan fingerprint density at radius 3 is 2.58 bits per heavy atom. The molecule has 1 aromatic heterocycles. The molecule has 2 amide bonds. The van der Waals surface area contributed by atoms with E-state index in [1.165, 1.54) is 0 Å². The lowest BCUT2D eigenvalue weighted by atomic mass is 10.3. The minimum Gasteiger partial charge on any atom is -0.497 e. The van der Waals surface area contributed by atoms with Crippen molar-refractivity contribution in [2.24, 2.45) is 0 Å². The van der Waals surface area contributed by atoms with E-state index in [0.29, 0.717) is 29.5 Å². The van der Waals surface area contributed by atoms with Crippen LogP contribution in [0, 0.1) is 6.92 Å². The summed E-state index contributed by atoms with van der Waals surface area (Å²) in [6.45, 7) is 3.82. The van der Waals surface area contributed by atoms with E-state index in [2.05, 4.69) is 25.9 Å². The van der Waals surface area contributed by atoms with Gasteiger partial charge in [-0.3, -0.25) is 5.32 Å². The molecule has 1 atom stereocenters. The number of ether oxygens (including phenoxy) is 1. The number of aryl methyl sites for hydroxylation is 1. The summed E-state index contributed by atoms with van der Waals surface area (Å²) >= 11 is 0. The summed E-state index contributed by atoms with van der Waals surface area (Å²) in [6.07, 6.45) is -0.505. The van der Waals surface area contributed by atoms with Crippen LogP contribution < -0.4 is 20.7 Å². The monoisotopic (exact) mass is 331 g/mol. The van der Waals surface area contributed by atoms with E-state index in [1.807, 2.05) is 0 Å². The highest BCUT2D eigenvalue weighted by atomic mass is 16.5. The van der Waals surface area contributed by atoms with Crippen molar-refractivity contribution >= 4 is 23.5 Å². The van der Waals surface area contributed by atoms with Gasteiger partial charge in [-0.15, -0.1) is 0 Å². The molecule has 128 valence electrons. The number of amides is 2. The molecule has 0 aliphatic carbocycles. The van der Waals surface area contributed by atoms with Crippen molar-refractivity contribution < 1.29 is 14.6 Å². The Morgan fingerprint density at radius 2 is 1.96 bits per heavy atom. The Morgan fingerprint density at radius 1 is 1.25 bits per heavy atom. The number of nitrogens with one attached hydrogen (secondary N) is 3. The molecule has 24 heavy (non-hydrogen) atoms. The van der Waals surface area contributed by atoms with E-state index in [0.717, 1.165) is 0 Å². The average Bonchev–Trinajstić information content (AvgIpc) is 2.53. The molecule has 1 heterocycles. The lowest BCUT2D eigenvalue weighted by Crippen LogP contribution is -2.22. The summed E-state index contributed by atoms with van der Waals surface area (Å²) in [5, 5.41) is 17.5. The maximum atomic E-state index is 12.0. The van der Waals surface area contributed by atoms with Gasteiger partial charge in [-0.2, -0.15) is 4.98 Å². The summed E-state index contributed by atoms with van der Waals surface area (Å²) in [6, 6.07) is 8.23. The third-order valence-electron chi connectivity index (χ3n) is 3.01. The minimum absolute atomic E-state index is 0.175. The lowest BCUT2D eigenvalue weighted by molar-refractivity contribution is 0.208. The second-order valence-corrected chi connectivity index (χ2v) is 5.26. The van der Waals surface area contributed by atoms with Gasteiger partial charge in [0.2, 0.25) is 5.95 Å². The van der Waals surface area contributed by atoms with E-state index in [1.54, 1.807) is 51.3 Å². The number of aliphatic hydroxyl groups excluding tert-OH is 1. The Kier molecular flexibility index (Phi) is 5.91. The number of aliphatic hydroxyl groups is 1. The van der Waals surface area contributed by atoms with E-state index in [-0.39, 0.29) is 5.95 Å². The number of anilines is 3. The first kappa shape index (κ1) is 17.5. The number of aromatic nitrogens is 2. The van der Waals surface area contributed by atoms with Gasteiger partial charge in [0.25, 0.3) is 0 Å². The van der Waals surface area contributed by atoms with Gasteiger partial charge in [0, 0.05) is 24.0 Å². The van der Waals surface area contributed by atoms with Crippen LogP contribution in [-0.4, -0.2) is 40.9 Å². The van der Waals surface area contributed by atoms with Crippen molar-refractivity contribution in [3.63, 3.8) is 0 Å². The number of methoxy groups -OCH3 is 1. The quantitative estimate of drug-likeness (QED) is 0.646. The molecule has 0 saturated heterocycles. The Hall–Kier alpha value is -2.87. The molecule has 2 aromatic rings. The summed E-state index contributed by atoms with van der Waals surface area (Å²) in [5.74, 6) is 1.41. The van der Waals surface area contributed by atoms with Crippen LogP contribution in [0.3, 0.4) is 0 Å². The van der Waals surface area contributed by atoms with Crippen LogP contribution in [-0.2, 0) is 0 Å². The van der Waals surface area contributed by atoms with Gasteiger partial charge in [0.05, 0.1) is 13.2 Å². The van der Waals surface area contributed by atoms with Crippen molar-refractivity contribution in [3.05, 3.63) is 36.0 Å². The number of urea groups is 1. The fraction of sp³-hybridized carbons (Fsp3) is 0.312. The lowest BCUT2D eigenvalue weighted by Gasteiger charge is -2.11. The predicted octanol–water partition coefficient (Wildman–Crippen LogP) is 2.23. The van der Waals surface area contributed by atoms with Gasteiger partial charge in [-0.1, -0.05) is 0 Å². The van der Waals surface area contributed by atoms with Gasteiger partial charge in [-0.25, -0.2) is 9.78 Å². The maximum Gasteiger partial charge on any atom is 0.326 e. The van der Waals surface area contributed by atoms with Crippen molar-refractivity contribution in [2.75, 3.05) is 29.6 Å². The molecule has 8 nitrogen and oxygen atoms in total. The highest BCUT2D eigenvalue weighted by molar-refractivity contribution is 5.98. The number of hydrogen-bond donors (Lipinski definition) is 4. The van der Waals surface area contributed by atoms with Gasteiger partial charge in [-0.05, 0) is 38.1 Å². The zero-order valence-corrected chi connectivity index (χ0v) is 13.8. The first-order valence-electron chi connectivity index (χ1n) is 7.46. The Balaban J connectivity index is 1.99. The highest BCUT2D eigenvalue weighted by Crippen LogP contribution is 2.15. The first-order chi connectivity index (χ1) is 11.5. The van der Waals surface area contributed by atoms with Gasteiger partial charge < -0.3 is 20.5 Å². The molecule has 0 spiro atoms. The third kappa shape index (κ3) is 5.40. The standard InChI is InChI=1S/C16H21N5O3/c1-10-8-14(17-9-11(2)22)20-15(18-10)21-16(23)19-12-4-6-13(24-3)7-5-12/h4-8,11,22H,9H2,1-3H3,(H3,17,18,19,20,21,23). The smallest absolute Gasteiger partial charge is 0.326 e. The summed E-state index contributed by atoms with van der Waals surface area (Å²) in [7, 11) is 1.58. The number of carbonyl (C=O) groups is 1. The molecule has 0 bridgehead atoms. The van der Waals surface area contributed by atoms with Crippen LogP contribution in [0.1, 0.15) is 12.6 Å². The first-order valence-corrected chi connectivity index (χ1v) is 7.46. The number of benzene rings is 1. The molecule has 0 saturated carbocycles. The van der Waals surface area contributed by atoms with Crippen molar-refractivity contribution in [1.82, 2.24) is 9.97 Å². The number of rotatable bonds is 6. The third-order valence-corrected chi connectivity index (χ3v) is 3.01. The molecule has 1 unspecified atom stereocenters. The van der Waals surface area contributed by atoms with Gasteiger partial charge >= 0.3 is 6.03 Å². The summed E-state index contributed by atoms with van der Waals surface area (Å²) < 4.78 is 5.06. The van der Waals surface area contributed by atoms with Crippen LogP contribution >= 0.6 is 0 Å². The highest BCUT2D eigenvalue weighted by Gasteiger charge is 2.08. The van der Waals surface area contributed by atoms with Crippen molar-refractivity contribution in [1.29, 1.82) is 0 Å². The fourth-order valence-corrected chi connectivity index (χ4v) is 1.91. The normalized spacial score (nSPS) is 11.5. The molecular weight excluding hydrogens is 310 g/mol.